The Hall–Kier alpha value is -1.77. The van der Waals surface area contributed by atoms with Crippen LogP contribution >= 0.6 is 12.4 Å². The fraction of sp³-hybridized carbons (Fsp3) is 0.643. The summed E-state index contributed by atoms with van der Waals surface area (Å²) < 4.78 is 44.1. The first-order valence-electron chi connectivity index (χ1n) is 7.35. The SMILES string of the molecule is Cl.O=C(O)[C@@H]1CN(C(=O)c2noc3c2CCCC3)C[C@H]1C(F)(F)F. The molecule has 1 aromatic heterocycles. The summed E-state index contributed by atoms with van der Waals surface area (Å²) in [6, 6.07) is 0. The van der Waals surface area contributed by atoms with Gasteiger partial charge in [-0.05, 0) is 19.3 Å². The van der Waals surface area contributed by atoms with Gasteiger partial charge >= 0.3 is 12.1 Å². The number of carbonyl (C=O) groups is 2. The van der Waals surface area contributed by atoms with E-state index in [1.54, 1.807) is 0 Å². The molecule has 1 amide bonds. The van der Waals surface area contributed by atoms with Crippen LogP contribution in [-0.4, -0.2) is 46.3 Å². The number of amides is 1. The van der Waals surface area contributed by atoms with Gasteiger partial charge in [-0.15, -0.1) is 12.4 Å². The second kappa shape index (κ2) is 6.62. The van der Waals surface area contributed by atoms with Crippen LogP contribution in [0.3, 0.4) is 0 Å². The van der Waals surface area contributed by atoms with Gasteiger partial charge in [0.05, 0.1) is 11.8 Å². The van der Waals surface area contributed by atoms with Crippen LogP contribution in [0.5, 0.6) is 0 Å². The number of halogens is 4. The molecule has 1 fully saturated rings. The van der Waals surface area contributed by atoms with E-state index in [0.29, 0.717) is 24.2 Å². The molecule has 1 N–H and O–H groups in total. The molecule has 2 aliphatic rings. The monoisotopic (exact) mass is 368 g/mol. The molecule has 0 bridgehead atoms. The molecule has 0 saturated carbocycles. The number of hydrogen-bond acceptors (Lipinski definition) is 4. The third-order valence-corrected chi connectivity index (χ3v) is 4.50. The summed E-state index contributed by atoms with van der Waals surface area (Å²) in [5, 5.41) is 12.7. The molecule has 0 radical (unpaired) electrons. The third kappa shape index (κ3) is 3.22. The zero-order chi connectivity index (χ0) is 16.8. The standard InChI is InChI=1S/C14H15F3N2O4.ClH/c15-14(16,17)9-6-19(5-8(9)13(21)22)12(20)11-7-3-1-2-4-10(7)23-18-11;/h8-9H,1-6H2,(H,21,22);1H/t8-,9-;/m1./s1. The third-order valence-electron chi connectivity index (χ3n) is 4.50. The number of likely N-dealkylation sites (tertiary alicyclic amines) is 1. The number of carboxylic acids is 1. The van der Waals surface area contributed by atoms with Gasteiger partial charge in [-0.3, -0.25) is 9.59 Å². The summed E-state index contributed by atoms with van der Waals surface area (Å²) in [5.74, 6) is -5.35. The van der Waals surface area contributed by atoms with E-state index in [1.807, 2.05) is 0 Å². The molecule has 6 nitrogen and oxygen atoms in total. The largest absolute Gasteiger partial charge is 0.481 e. The Morgan fingerprint density at radius 3 is 2.46 bits per heavy atom. The quantitative estimate of drug-likeness (QED) is 0.866. The van der Waals surface area contributed by atoms with Gasteiger partial charge < -0.3 is 14.5 Å². The number of aliphatic carboxylic acids is 1. The summed E-state index contributed by atoms with van der Waals surface area (Å²) in [6.07, 6.45) is -1.65. The zero-order valence-electron chi connectivity index (χ0n) is 12.5. The first-order chi connectivity index (χ1) is 10.8. The normalized spacial score (nSPS) is 23.5. The minimum absolute atomic E-state index is 0. The Labute approximate surface area is 141 Å². The van der Waals surface area contributed by atoms with E-state index < -0.39 is 43.0 Å². The number of aryl methyl sites for hydroxylation is 1. The van der Waals surface area contributed by atoms with Crippen molar-refractivity contribution in [3.05, 3.63) is 17.0 Å². The van der Waals surface area contributed by atoms with Crippen molar-refractivity contribution < 1.29 is 32.4 Å². The number of hydrogen-bond donors (Lipinski definition) is 1. The summed E-state index contributed by atoms with van der Waals surface area (Å²) >= 11 is 0. The molecule has 1 aromatic rings. The zero-order valence-corrected chi connectivity index (χ0v) is 13.3. The second-order valence-corrected chi connectivity index (χ2v) is 5.94. The molecule has 10 heteroatoms. The molecular formula is C14H16ClF3N2O4. The maximum Gasteiger partial charge on any atom is 0.394 e. The highest BCUT2D eigenvalue weighted by molar-refractivity contribution is 5.94. The van der Waals surface area contributed by atoms with Gasteiger partial charge in [0.1, 0.15) is 5.76 Å². The Bertz CT molecular complexity index is 646. The topological polar surface area (TPSA) is 83.6 Å². The molecule has 24 heavy (non-hydrogen) atoms. The lowest BCUT2D eigenvalue weighted by Crippen LogP contribution is -2.34. The fourth-order valence-electron chi connectivity index (χ4n) is 3.25. The first-order valence-corrected chi connectivity index (χ1v) is 7.35. The Kier molecular flexibility index (Phi) is 5.12. The molecule has 134 valence electrons. The molecular weight excluding hydrogens is 353 g/mol. The van der Waals surface area contributed by atoms with E-state index in [1.165, 1.54) is 0 Å². The van der Waals surface area contributed by atoms with Crippen LogP contribution in [0, 0.1) is 11.8 Å². The summed E-state index contributed by atoms with van der Waals surface area (Å²) in [4.78, 5) is 24.5. The van der Waals surface area contributed by atoms with Gasteiger partial charge in [-0.2, -0.15) is 13.2 Å². The molecule has 0 unspecified atom stereocenters. The number of nitrogens with zero attached hydrogens (tertiary/aromatic N) is 2. The molecule has 1 saturated heterocycles. The summed E-state index contributed by atoms with van der Waals surface area (Å²) in [5.41, 5.74) is 0.662. The number of aromatic nitrogens is 1. The van der Waals surface area contributed by atoms with Crippen molar-refractivity contribution in [3.63, 3.8) is 0 Å². The van der Waals surface area contributed by atoms with E-state index >= 15 is 0 Å². The Morgan fingerprint density at radius 2 is 1.88 bits per heavy atom. The van der Waals surface area contributed by atoms with E-state index in [0.717, 1.165) is 17.7 Å². The molecule has 0 spiro atoms. The first kappa shape index (κ1) is 18.6. The highest BCUT2D eigenvalue weighted by Gasteiger charge is 2.54. The lowest BCUT2D eigenvalue weighted by Gasteiger charge is -2.18. The van der Waals surface area contributed by atoms with Gasteiger partial charge in [-0.1, -0.05) is 5.16 Å². The van der Waals surface area contributed by atoms with Crippen molar-refractivity contribution >= 4 is 24.3 Å². The number of rotatable bonds is 2. The average molecular weight is 369 g/mol. The number of carbonyl (C=O) groups excluding carboxylic acids is 1. The minimum Gasteiger partial charge on any atom is -0.481 e. The highest BCUT2D eigenvalue weighted by atomic mass is 35.5. The van der Waals surface area contributed by atoms with Crippen molar-refractivity contribution in [2.45, 2.75) is 31.9 Å². The predicted molar refractivity (Wildman–Crippen MR) is 77.0 cm³/mol. The van der Waals surface area contributed by atoms with E-state index in [2.05, 4.69) is 5.16 Å². The predicted octanol–water partition coefficient (Wildman–Crippen LogP) is 2.31. The van der Waals surface area contributed by atoms with Gasteiger partial charge in [-0.25, -0.2) is 0 Å². The maximum absolute atomic E-state index is 13.0. The maximum atomic E-state index is 13.0. The van der Waals surface area contributed by atoms with Gasteiger partial charge in [0.15, 0.2) is 5.69 Å². The van der Waals surface area contributed by atoms with Gasteiger partial charge in [0.25, 0.3) is 5.91 Å². The highest BCUT2D eigenvalue weighted by Crippen LogP contribution is 2.38. The molecule has 0 aromatic carbocycles. The second-order valence-electron chi connectivity index (χ2n) is 5.94. The molecule has 1 aliphatic heterocycles. The van der Waals surface area contributed by atoms with E-state index in [4.69, 9.17) is 9.63 Å². The van der Waals surface area contributed by atoms with Crippen LogP contribution in [0.2, 0.25) is 0 Å². The van der Waals surface area contributed by atoms with Crippen LogP contribution in [0.1, 0.15) is 34.7 Å². The van der Waals surface area contributed by atoms with Gasteiger partial charge in [0.2, 0.25) is 0 Å². The molecule has 1 aliphatic carbocycles. The minimum atomic E-state index is -4.67. The van der Waals surface area contributed by atoms with Gasteiger partial charge in [0, 0.05) is 25.1 Å². The molecule has 2 atom stereocenters. The lowest BCUT2D eigenvalue weighted by molar-refractivity contribution is -0.187. The molecule has 3 rings (SSSR count). The van der Waals surface area contributed by atoms with Crippen LogP contribution in [-0.2, 0) is 17.6 Å². The average Bonchev–Trinajstić information content (AvgIpc) is 3.10. The van der Waals surface area contributed by atoms with E-state index in [-0.39, 0.29) is 18.1 Å². The van der Waals surface area contributed by atoms with Crippen molar-refractivity contribution in [3.8, 4) is 0 Å². The van der Waals surface area contributed by atoms with Crippen molar-refractivity contribution in [2.24, 2.45) is 11.8 Å². The Morgan fingerprint density at radius 1 is 1.21 bits per heavy atom. The lowest BCUT2D eigenvalue weighted by atomic mass is 9.96. The Balaban J connectivity index is 0.00000208. The van der Waals surface area contributed by atoms with Crippen LogP contribution in [0.4, 0.5) is 13.2 Å². The number of carboxylic acid groups (broad SMARTS) is 1. The van der Waals surface area contributed by atoms with Crippen molar-refractivity contribution in [2.75, 3.05) is 13.1 Å². The fourth-order valence-corrected chi connectivity index (χ4v) is 3.25. The summed E-state index contributed by atoms with van der Waals surface area (Å²) in [6.45, 7) is -1.14. The van der Waals surface area contributed by atoms with Crippen molar-refractivity contribution in [1.29, 1.82) is 0 Å². The number of alkyl halides is 3. The van der Waals surface area contributed by atoms with Crippen LogP contribution in [0.15, 0.2) is 4.52 Å². The summed E-state index contributed by atoms with van der Waals surface area (Å²) in [7, 11) is 0. The molecule has 2 heterocycles. The van der Waals surface area contributed by atoms with Crippen molar-refractivity contribution in [1.82, 2.24) is 10.1 Å². The van der Waals surface area contributed by atoms with Crippen LogP contribution in [0.25, 0.3) is 0 Å². The number of fused-ring (bicyclic) bond motifs is 1. The van der Waals surface area contributed by atoms with E-state index in [9.17, 15) is 22.8 Å². The van der Waals surface area contributed by atoms with Crippen LogP contribution < -0.4 is 0 Å². The smallest absolute Gasteiger partial charge is 0.394 e.